The number of aromatic hydroxyl groups is 2. The molecule has 2 aromatic rings. The van der Waals surface area contributed by atoms with Crippen molar-refractivity contribution < 1.29 is 49.2 Å². The van der Waals surface area contributed by atoms with Crippen molar-refractivity contribution in [2.24, 2.45) is 11.5 Å². The number of phenolic OH excluding ortho intramolecular Hbond substituents is 2. The van der Waals surface area contributed by atoms with Gasteiger partial charge in [-0.25, -0.2) is 4.79 Å². The van der Waals surface area contributed by atoms with Crippen LogP contribution in [0.5, 0.6) is 11.5 Å². The zero-order valence-corrected chi connectivity index (χ0v) is 26.4. The van der Waals surface area contributed by atoms with Gasteiger partial charge < -0.3 is 53.2 Å². The maximum absolute atomic E-state index is 13.4. The van der Waals surface area contributed by atoms with E-state index in [0.29, 0.717) is 16.9 Å². The number of nitrogens with two attached hydrogens (primary N) is 2. The number of carbonyl (C=O) groups excluding carboxylic acids is 5. The first-order valence-corrected chi connectivity index (χ1v) is 15.8. The molecule has 0 radical (unpaired) electrons. The van der Waals surface area contributed by atoms with Crippen LogP contribution in [0.4, 0.5) is 0 Å². The zero-order valence-electron chi connectivity index (χ0n) is 25.5. The Morgan fingerprint density at radius 1 is 0.702 bits per heavy atom. The van der Waals surface area contributed by atoms with Gasteiger partial charge in [0.2, 0.25) is 29.5 Å². The third kappa shape index (κ3) is 13.2. The maximum Gasteiger partial charge on any atom is 0.326 e. The van der Waals surface area contributed by atoms with E-state index >= 15 is 0 Å². The normalized spacial score (nSPS) is 14.0. The predicted molar refractivity (Wildman–Crippen MR) is 171 cm³/mol. The summed E-state index contributed by atoms with van der Waals surface area (Å²) < 4.78 is 0. The Hall–Kier alpha value is -4.87. The summed E-state index contributed by atoms with van der Waals surface area (Å²) in [4.78, 5) is 76.3. The summed E-state index contributed by atoms with van der Waals surface area (Å²) in [6.45, 7) is -0.719. The van der Waals surface area contributed by atoms with E-state index < -0.39 is 78.7 Å². The topological polar surface area (TPSA) is 284 Å². The summed E-state index contributed by atoms with van der Waals surface area (Å²) >= 11 is 1.35. The number of aliphatic hydroxyl groups is 1. The molecule has 17 heteroatoms. The lowest BCUT2D eigenvalue weighted by Gasteiger charge is -2.26. The van der Waals surface area contributed by atoms with E-state index in [1.165, 1.54) is 60.3 Å². The van der Waals surface area contributed by atoms with Crippen molar-refractivity contribution >= 4 is 47.3 Å². The highest BCUT2D eigenvalue weighted by molar-refractivity contribution is 7.98. The van der Waals surface area contributed by atoms with Gasteiger partial charge in [-0.1, -0.05) is 24.3 Å². The second-order valence-electron chi connectivity index (χ2n) is 10.6. The monoisotopic (exact) mass is 676 g/mol. The molecule has 256 valence electrons. The number of thioether (sulfide) groups is 1. The number of aliphatic hydroxyl groups excluding tert-OH is 1. The molecular formula is C30H40N6O10S. The Bertz CT molecular complexity index is 1390. The first-order chi connectivity index (χ1) is 22.2. The van der Waals surface area contributed by atoms with Crippen molar-refractivity contribution in [2.45, 2.75) is 55.9 Å². The Balaban J connectivity index is 2.26. The van der Waals surface area contributed by atoms with Gasteiger partial charge in [-0.15, -0.1) is 0 Å². The third-order valence-electron chi connectivity index (χ3n) is 6.82. The Morgan fingerprint density at radius 2 is 1.13 bits per heavy atom. The quantitative estimate of drug-likeness (QED) is 0.0763. The standard InChI is InChI=1S/C30H40N6O10S/c1-47-11-10-21(27(42)36-24(30(45)46)13-17-4-8-19(39)9-5-17)33-29(44)23(14-25(32)40)35-28(43)22(34-26(41)20(31)15-37)12-16-2-6-18(38)7-3-16/h2-9,20-24,37-39H,10-15,31H2,1H3,(H2,32,40)(H,33,44)(H,34,41)(H,35,43)(H,36,42)(H,45,46)/t20-,21-,22-,23-,24-/m0/s1. The molecule has 0 aliphatic rings. The molecule has 5 atom stereocenters. The summed E-state index contributed by atoms with van der Waals surface area (Å²) in [5, 5.41) is 47.7. The highest BCUT2D eigenvalue weighted by atomic mass is 32.2. The van der Waals surface area contributed by atoms with Gasteiger partial charge in [0.25, 0.3) is 0 Å². The summed E-state index contributed by atoms with van der Waals surface area (Å²) in [7, 11) is 0. The number of aliphatic carboxylic acids is 1. The molecule has 0 saturated carbocycles. The van der Waals surface area contributed by atoms with E-state index in [-0.39, 0.29) is 30.8 Å². The molecule has 0 aromatic heterocycles. The molecule has 2 aromatic carbocycles. The van der Waals surface area contributed by atoms with Gasteiger partial charge in [-0.2, -0.15) is 11.8 Å². The molecule has 2 rings (SSSR count). The molecule has 0 aliphatic heterocycles. The molecule has 5 amide bonds. The summed E-state index contributed by atoms with van der Waals surface area (Å²) in [6.07, 6.45) is 0.850. The average molecular weight is 677 g/mol. The first-order valence-electron chi connectivity index (χ1n) is 14.4. The highest BCUT2D eigenvalue weighted by Gasteiger charge is 2.32. The highest BCUT2D eigenvalue weighted by Crippen LogP contribution is 2.13. The van der Waals surface area contributed by atoms with Gasteiger partial charge in [0.15, 0.2) is 0 Å². The van der Waals surface area contributed by atoms with Crippen LogP contribution in [0.25, 0.3) is 0 Å². The largest absolute Gasteiger partial charge is 0.508 e. The van der Waals surface area contributed by atoms with Gasteiger partial charge in [0.05, 0.1) is 13.0 Å². The number of rotatable bonds is 19. The average Bonchev–Trinajstić information content (AvgIpc) is 3.02. The lowest BCUT2D eigenvalue weighted by molar-refractivity contribution is -0.142. The smallest absolute Gasteiger partial charge is 0.326 e. The van der Waals surface area contributed by atoms with Gasteiger partial charge >= 0.3 is 5.97 Å². The molecule has 0 bridgehead atoms. The lowest BCUT2D eigenvalue weighted by atomic mass is 10.0. The number of benzene rings is 2. The van der Waals surface area contributed by atoms with Crippen molar-refractivity contribution in [3.63, 3.8) is 0 Å². The minimum absolute atomic E-state index is 0.0232. The zero-order chi connectivity index (χ0) is 35.1. The fourth-order valence-corrected chi connectivity index (χ4v) is 4.71. The molecule has 0 unspecified atom stereocenters. The van der Waals surface area contributed by atoms with Gasteiger partial charge in [-0.05, 0) is 53.8 Å². The number of hydrogen-bond donors (Lipinski definition) is 10. The van der Waals surface area contributed by atoms with E-state index in [0.717, 1.165) is 0 Å². The minimum atomic E-state index is -1.61. The van der Waals surface area contributed by atoms with Crippen LogP contribution in [0.2, 0.25) is 0 Å². The molecule has 0 spiro atoms. The summed E-state index contributed by atoms with van der Waals surface area (Å²) in [5.41, 5.74) is 11.9. The van der Waals surface area contributed by atoms with Crippen molar-refractivity contribution in [1.82, 2.24) is 21.3 Å². The Morgan fingerprint density at radius 3 is 1.60 bits per heavy atom. The SMILES string of the molecule is CSCC[C@H](NC(=O)[C@H](CC(N)=O)NC(=O)[C@H](Cc1ccc(O)cc1)NC(=O)[C@@H](N)CO)C(=O)N[C@@H](Cc1ccc(O)cc1)C(=O)O. The Kier molecular flexibility index (Phi) is 15.4. The Labute approximate surface area is 274 Å². The molecule has 0 saturated heterocycles. The molecule has 0 fully saturated rings. The van der Waals surface area contributed by atoms with Crippen molar-refractivity contribution in [1.29, 1.82) is 0 Å². The molecule has 47 heavy (non-hydrogen) atoms. The van der Waals surface area contributed by atoms with E-state index in [4.69, 9.17) is 11.5 Å². The lowest BCUT2D eigenvalue weighted by Crippen LogP contribution is -2.59. The minimum Gasteiger partial charge on any atom is -0.508 e. The van der Waals surface area contributed by atoms with E-state index in [2.05, 4.69) is 21.3 Å². The second-order valence-corrected chi connectivity index (χ2v) is 11.6. The van der Waals surface area contributed by atoms with Crippen molar-refractivity contribution in [3.05, 3.63) is 59.7 Å². The van der Waals surface area contributed by atoms with Crippen LogP contribution in [0.1, 0.15) is 24.0 Å². The predicted octanol–water partition coefficient (Wildman–Crippen LogP) is -2.15. The van der Waals surface area contributed by atoms with Crippen LogP contribution in [-0.2, 0) is 41.6 Å². The van der Waals surface area contributed by atoms with Crippen LogP contribution in [0.15, 0.2) is 48.5 Å². The summed E-state index contributed by atoms with van der Waals surface area (Å²) in [5.74, 6) is -5.64. The third-order valence-corrected chi connectivity index (χ3v) is 7.46. The van der Waals surface area contributed by atoms with Crippen LogP contribution in [-0.4, -0.2) is 105 Å². The van der Waals surface area contributed by atoms with Gasteiger partial charge in [-0.3, -0.25) is 24.0 Å². The maximum atomic E-state index is 13.4. The van der Waals surface area contributed by atoms with Crippen LogP contribution < -0.4 is 32.7 Å². The van der Waals surface area contributed by atoms with E-state index in [1.54, 1.807) is 6.26 Å². The fraction of sp³-hybridized carbons (Fsp3) is 0.400. The molecular weight excluding hydrogens is 636 g/mol. The van der Waals surface area contributed by atoms with Crippen molar-refractivity contribution in [3.8, 4) is 11.5 Å². The second kappa shape index (κ2) is 18.9. The number of amides is 5. The number of primary amides is 1. The van der Waals surface area contributed by atoms with Gasteiger partial charge in [0, 0.05) is 12.8 Å². The fourth-order valence-electron chi connectivity index (χ4n) is 4.24. The van der Waals surface area contributed by atoms with E-state index in [1.807, 2.05) is 0 Å². The van der Waals surface area contributed by atoms with Crippen LogP contribution in [0, 0.1) is 0 Å². The molecule has 0 heterocycles. The van der Waals surface area contributed by atoms with Crippen LogP contribution in [0.3, 0.4) is 0 Å². The number of hydrogen-bond acceptors (Lipinski definition) is 11. The van der Waals surface area contributed by atoms with Crippen molar-refractivity contribution in [2.75, 3.05) is 18.6 Å². The summed E-state index contributed by atoms with van der Waals surface area (Å²) in [6, 6.07) is 4.41. The molecule has 16 nitrogen and oxygen atoms in total. The number of nitrogens with one attached hydrogen (secondary N) is 4. The van der Waals surface area contributed by atoms with E-state index in [9.17, 15) is 49.2 Å². The number of phenols is 2. The number of carbonyl (C=O) groups is 6. The number of carboxylic acids is 1. The first kappa shape index (κ1) is 38.3. The number of carboxylic acid groups (broad SMARTS) is 1. The van der Waals surface area contributed by atoms with Crippen LogP contribution >= 0.6 is 11.8 Å². The molecule has 12 N–H and O–H groups in total. The van der Waals surface area contributed by atoms with Gasteiger partial charge in [0.1, 0.15) is 41.7 Å². The molecule has 0 aliphatic carbocycles.